The smallest absolute Gasteiger partial charge is 0.238 e. The summed E-state index contributed by atoms with van der Waals surface area (Å²) in [6.07, 6.45) is 2.59. The van der Waals surface area contributed by atoms with E-state index in [1.54, 1.807) is 0 Å². The van der Waals surface area contributed by atoms with Gasteiger partial charge < -0.3 is 16.4 Å². The Kier molecular flexibility index (Phi) is 6.38. The quantitative estimate of drug-likeness (QED) is 0.294. The number of nitrogens with one attached hydrogen (secondary N) is 3. The third-order valence-corrected chi connectivity index (χ3v) is 6.58. The molecule has 0 radical (unpaired) electrons. The average Bonchev–Trinajstić information content (AvgIpc) is 3.56. The van der Waals surface area contributed by atoms with Crippen molar-refractivity contribution in [2.24, 2.45) is 11.7 Å². The Bertz CT molecular complexity index is 1370. The molecule has 1 fully saturated rings. The van der Waals surface area contributed by atoms with Crippen LogP contribution >= 0.6 is 11.8 Å². The van der Waals surface area contributed by atoms with Crippen LogP contribution in [0.4, 0.5) is 17.5 Å². The number of primary amides is 1. The number of likely N-dealkylation sites (tertiary alicyclic amines) is 1. The van der Waals surface area contributed by atoms with Gasteiger partial charge in [-0.25, -0.2) is 4.98 Å². The van der Waals surface area contributed by atoms with Gasteiger partial charge in [-0.15, -0.1) is 0 Å². The summed E-state index contributed by atoms with van der Waals surface area (Å²) in [6.45, 7) is 3.39. The summed E-state index contributed by atoms with van der Waals surface area (Å²) >= 11 is 1.42. The molecule has 4 aromatic rings. The number of nitrogens with zero attached hydrogens (tertiary/aromatic N) is 5. The Hall–Kier alpha value is -3.90. The van der Waals surface area contributed by atoms with Crippen molar-refractivity contribution in [2.45, 2.75) is 23.4 Å². The molecule has 12 heteroatoms. The zero-order valence-corrected chi connectivity index (χ0v) is 19.9. The topological polar surface area (TPSA) is 146 Å². The lowest BCUT2D eigenvalue weighted by molar-refractivity contribution is -0.122. The number of anilines is 3. The molecule has 1 aliphatic rings. The fourth-order valence-electron chi connectivity index (χ4n) is 3.96. The van der Waals surface area contributed by atoms with E-state index in [1.807, 2.05) is 64.9 Å². The maximum Gasteiger partial charge on any atom is 0.238 e. The number of hydrogen-bond acceptors (Lipinski definition) is 8. The highest BCUT2D eigenvalue weighted by atomic mass is 32.2. The average molecular weight is 492 g/mol. The number of rotatable bonds is 8. The summed E-state index contributed by atoms with van der Waals surface area (Å²) in [5.41, 5.74) is 7.77. The predicted molar refractivity (Wildman–Crippen MR) is 133 cm³/mol. The van der Waals surface area contributed by atoms with Gasteiger partial charge in [-0.2, -0.15) is 10.1 Å². The van der Waals surface area contributed by atoms with Crippen LogP contribution in [-0.2, 0) is 9.59 Å². The number of carbonyl (C=O) groups is 2. The molecule has 11 nitrogen and oxygen atoms in total. The first-order valence-corrected chi connectivity index (χ1v) is 12.0. The van der Waals surface area contributed by atoms with E-state index in [0.717, 1.165) is 16.2 Å². The highest BCUT2D eigenvalue weighted by Crippen LogP contribution is 2.28. The summed E-state index contributed by atoms with van der Waals surface area (Å²) < 4.78 is 1.86. The van der Waals surface area contributed by atoms with Gasteiger partial charge in [-0.3, -0.25) is 24.0 Å². The van der Waals surface area contributed by atoms with Crippen molar-refractivity contribution in [3.05, 3.63) is 54.4 Å². The first kappa shape index (κ1) is 22.9. The third-order valence-electron chi connectivity index (χ3n) is 5.70. The minimum atomic E-state index is -0.305. The van der Waals surface area contributed by atoms with Gasteiger partial charge in [0, 0.05) is 35.1 Å². The maximum atomic E-state index is 12.4. The molecule has 5 rings (SSSR count). The second kappa shape index (κ2) is 9.76. The van der Waals surface area contributed by atoms with E-state index in [2.05, 4.69) is 30.8 Å². The monoisotopic (exact) mass is 491 g/mol. The van der Waals surface area contributed by atoms with E-state index >= 15 is 0 Å². The fourth-order valence-corrected chi connectivity index (χ4v) is 4.72. The molecular formula is C23H25N9O2S. The van der Waals surface area contributed by atoms with E-state index in [0.29, 0.717) is 42.1 Å². The van der Waals surface area contributed by atoms with Crippen LogP contribution in [0.1, 0.15) is 12.1 Å². The van der Waals surface area contributed by atoms with Crippen molar-refractivity contribution in [3.8, 4) is 0 Å². The van der Waals surface area contributed by atoms with Crippen molar-refractivity contribution in [1.82, 2.24) is 29.5 Å². The number of aromatic amines is 1. The molecule has 0 saturated carbocycles. The molecule has 0 bridgehead atoms. The molecule has 180 valence electrons. The van der Waals surface area contributed by atoms with Crippen LogP contribution in [0.15, 0.2) is 58.7 Å². The summed E-state index contributed by atoms with van der Waals surface area (Å²) in [7, 11) is 0. The molecule has 2 amide bonds. The zero-order valence-electron chi connectivity index (χ0n) is 19.1. The lowest BCUT2D eigenvalue weighted by Gasteiger charge is -2.15. The second-order valence-electron chi connectivity index (χ2n) is 8.43. The van der Waals surface area contributed by atoms with Gasteiger partial charge in [-0.05, 0) is 68.0 Å². The number of nitrogens with two attached hydrogens (primary N) is 1. The van der Waals surface area contributed by atoms with E-state index in [4.69, 9.17) is 5.73 Å². The van der Waals surface area contributed by atoms with Gasteiger partial charge in [0.2, 0.25) is 17.8 Å². The fraction of sp³-hybridized carbons (Fsp3) is 0.261. The molecule has 1 atom stereocenters. The minimum absolute atomic E-state index is 0.123. The summed E-state index contributed by atoms with van der Waals surface area (Å²) in [5.74, 6) is 0.679. The molecule has 4 heterocycles. The molecule has 0 spiro atoms. The van der Waals surface area contributed by atoms with Gasteiger partial charge in [0.15, 0.2) is 11.0 Å². The van der Waals surface area contributed by atoms with Crippen LogP contribution in [0.5, 0.6) is 0 Å². The molecular weight excluding hydrogens is 466 g/mol. The highest BCUT2D eigenvalue weighted by molar-refractivity contribution is 7.99. The van der Waals surface area contributed by atoms with Crippen LogP contribution in [0, 0.1) is 12.8 Å². The number of aromatic nitrogens is 5. The van der Waals surface area contributed by atoms with Gasteiger partial charge in [0.1, 0.15) is 5.65 Å². The first-order valence-electron chi connectivity index (χ1n) is 11.2. The van der Waals surface area contributed by atoms with Crippen LogP contribution in [-0.4, -0.2) is 60.9 Å². The molecule has 0 aliphatic carbocycles. The molecule has 1 aliphatic heterocycles. The number of hydrogen-bond donors (Lipinski definition) is 4. The normalized spacial score (nSPS) is 16.0. The van der Waals surface area contributed by atoms with E-state index < -0.39 is 0 Å². The largest absolute Gasteiger partial charge is 0.369 e. The van der Waals surface area contributed by atoms with Gasteiger partial charge in [0.05, 0.1) is 12.5 Å². The molecule has 1 unspecified atom stereocenters. The zero-order chi connectivity index (χ0) is 24.4. The van der Waals surface area contributed by atoms with Crippen molar-refractivity contribution in [2.75, 3.05) is 30.3 Å². The second-order valence-corrected chi connectivity index (χ2v) is 9.47. The van der Waals surface area contributed by atoms with Crippen molar-refractivity contribution in [3.63, 3.8) is 0 Å². The number of amides is 2. The van der Waals surface area contributed by atoms with Crippen LogP contribution in [0.3, 0.4) is 0 Å². The summed E-state index contributed by atoms with van der Waals surface area (Å²) in [5, 5.41) is 13.8. The Labute approximate surface area is 205 Å². The molecule has 35 heavy (non-hydrogen) atoms. The van der Waals surface area contributed by atoms with Crippen molar-refractivity contribution < 1.29 is 9.59 Å². The number of H-pyrrole nitrogens is 1. The van der Waals surface area contributed by atoms with Gasteiger partial charge in [0.25, 0.3) is 0 Å². The summed E-state index contributed by atoms with van der Waals surface area (Å²) in [4.78, 5) is 35.9. The number of benzene rings is 1. The first-order chi connectivity index (χ1) is 16.9. The Morgan fingerprint density at radius 1 is 1.23 bits per heavy atom. The van der Waals surface area contributed by atoms with Crippen LogP contribution in [0.25, 0.3) is 5.65 Å². The van der Waals surface area contributed by atoms with Crippen molar-refractivity contribution >= 4 is 46.7 Å². The van der Waals surface area contributed by atoms with Gasteiger partial charge in [-0.1, -0.05) is 0 Å². The van der Waals surface area contributed by atoms with Crippen LogP contribution < -0.4 is 16.4 Å². The molecule has 1 saturated heterocycles. The lowest BCUT2D eigenvalue weighted by Crippen LogP contribution is -2.33. The van der Waals surface area contributed by atoms with Crippen LogP contribution in [0.2, 0.25) is 0 Å². The number of fused-ring (bicyclic) bond motifs is 1. The maximum absolute atomic E-state index is 12.4. The lowest BCUT2D eigenvalue weighted by atomic mass is 10.1. The summed E-state index contributed by atoms with van der Waals surface area (Å²) in [6, 6.07) is 13.2. The Morgan fingerprint density at radius 3 is 2.77 bits per heavy atom. The van der Waals surface area contributed by atoms with E-state index in [-0.39, 0.29) is 24.3 Å². The Balaban J connectivity index is 1.23. The Morgan fingerprint density at radius 2 is 2.06 bits per heavy atom. The molecule has 1 aromatic carbocycles. The van der Waals surface area contributed by atoms with E-state index in [1.165, 1.54) is 11.8 Å². The molecule has 3 aromatic heterocycles. The number of aryl methyl sites for hydroxylation is 1. The number of carbonyl (C=O) groups excluding carboxylic acids is 2. The predicted octanol–water partition coefficient (Wildman–Crippen LogP) is 2.40. The third kappa shape index (κ3) is 5.44. The minimum Gasteiger partial charge on any atom is -0.369 e. The molecule has 5 N–H and O–H groups in total. The van der Waals surface area contributed by atoms with Crippen molar-refractivity contribution in [1.29, 1.82) is 0 Å². The van der Waals surface area contributed by atoms with E-state index in [9.17, 15) is 9.59 Å². The standard InChI is InChI=1S/C23H25N9O2S/c1-14-11-18(30-29-14)26-22-28-23(27-19-3-2-9-32(19)22)35-17-6-4-16(5-7-17)25-20(33)13-31-10-8-15(12-31)21(24)34/h2-7,9,11,15H,8,10,12-13H2,1H3,(H2,24,34)(H,25,33)(H2,26,27,28,29,30). The SMILES string of the molecule is Cc1cc(Nc2nc(Sc3ccc(NC(=O)CN4CCC(C(N)=O)C4)cc3)nc3cccn23)n[nH]1. The highest BCUT2D eigenvalue weighted by Gasteiger charge is 2.27. The van der Waals surface area contributed by atoms with Gasteiger partial charge >= 0.3 is 0 Å².